The summed E-state index contributed by atoms with van der Waals surface area (Å²) in [4.78, 5) is 16.5. The molecule has 0 spiro atoms. The van der Waals surface area contributed by atoms with E-state index in [0.29, 0.717) is 6.42 Å². The van der Waals surface area contributed by atoms with E-state index in [4.69, 9.17) is 0 Å². The van der Waals surface area contributed by atoms with Crippen molar-refractivity contribution in [2.75, 3.05) is 43.4 Å². The van der Waals surface area contributed by atoms with Crippen LogP contribution in [-0.4, -0.2) is 44.0 Å². The van der Waals surface area contributed by atoms with Gasteiger partial charge in [-0.2, -0.15) is 0 Å². The summed E-state index contributed by atoms with van der Waals surface area (Å²) >= 11 is 0. The summed E-state index contributed by atoms with van der Waals surface area (Å²) < 4.78 is 0. The van der Waals surface area contributed by atoms with E-state index in [-0.39, 0.29) is 30.7 Å². The molecule has 4 nitrogen and oxygen atoms in total. The normalized spacial score (nSPS) is 26.6. The summed E-state index contributed by atoms with van der Waals surface area (Å²) in [5.74, 6) is 1.78. The smallest absolute Gasteiger partial charge is 0.224 e. The van der Waals surface area contributed by atoms with Crippen LogP contribution in [0.2, 0.25) is 0 Å². The number of carbonyl (C=O) groups excluding carboxylic acids is 1. The summed E-state index contributed by atoms with van der Waals surface area (Å²) in [6.45, 7) is 4.79. The van der Waals surface area contributed by atoms with Crippen molar-refractivity contribution in [1.82, 2.24) is 4.90 Å². The molecule has 0 bridgehead atoms. The monoisotopic (exact) mass is 343 g/mol. The number of hydrogen-bond donors (Lipinski definition) is 1. The minimum Gasteiger partial charge on any atom is -0.371 e. The van der Waals surface area contributed by atoms with Gasteiger partial charge >= 0.3 is 0 Å². The Kier molecular flexibility index (Phi) is 5.25. The van der Waals surface area contributed by atoms with Gasteiger partial charge < -0.3 is 15.1 Å². The van der Waals surface area contributed by atoms with Crippen LogP contribution >= 0.6 is 24.8 Å². The van der Waals surface area contributed by atoms with Gasteiger partial charge in [0.25, 0.3) is 0 Å². The Morgan fingerprint density at radius 2 is 1.73 bits per heavy atom. The Morgan fingerprint density at radius 3 is 2.41 bits per heavy atom. The van der Waals surface area contributed by atoms with Gasteiger partial charge in [-0.1, -0.05) is 6.07 Å². The van der Waals surface area contributed by atoms with Crippen molar-refractivity contribution >= 4 is 42.1 Å². The molecule has 1 aromatic rings. The zero-order valence-electron chi connectivity index (χ0n) is 12.7. The van der Waals surface area contributed by atoms with Gasteiger partial charge in [0.2, 0.25) is 5.91 Å². The zero-order valence-corrected chi connectivity index (χ0v) is 14.4. The maximum atomic E-state index is 11.5. The number of benzene rings is 1. The van der Waals surface area contributed by atoms with Crippen molar-refractivity contribution < 1.29 is 4.79 Å². The summed E-state index contributed by atoms with van der Waals surface area (Å²) in [6.07, 6.45) is 1.50. The van der Waals surface area contributed by atoms with Gasteiger partial charge in [-0.15, -0.1) is 24.8 Å². The van der Waals surface area contributed by atoms with Gasteiger partial charge in [0.1, 0.15) is 0 Å². The van der Waals surface area contributed by atoms with Crippen LogP contribution in [0.5, 0.6) is 0 Å². The molecule has 4 rings (SSSR count). The van der Waals surface area contributed by atoms with Crippen LogP contribution in [0.15, 0.2) is 18.2 Å². The molecule has 0 aliphatic carbocycles. The van der Waals surface area contributed by atoms with Crippen molar-refractivity contribution in [2.45, 2.75) is 12.8 Å². The second-order valence-electron chi connectivity index (χ2n) is 6.50. The quantitative estimate of drug-likeness (QED) is 0.850. The van der Waals surface area contributed by atoms with Crippen molar-refractivity contribution in [1.29, 1.82) is 0 Å². The van der Waals surface area contributed by atoms with E-state index in [2.05, 4.69) is 34.3 Å². The average molecular weight is 344 g/mol. The number of fused-ring (bicyclic) bond motifs is 2. The predicted octanol–water partition coefficient (Wildman–Crippen LogP) is 2.41. The molecule has 122 valence electrons. The molecule has 2 saturated heterocycles. The van der Waals surface area contributed by atoms with Crippen LogP contribution in [0.3, 0.4) is 0 Å². The first kappa shape index (κ1) is 17.4. The highest BCUT2D eigenvalue weighted by Crippen LogP contribution is 2.38. The molecule has 6 heteroatoms. The number of hydrogen-bond acceptors (Lipinski definition) is 3. The Hall–Kier alpha value is -0.970. The third-order valence-electron chi connectivity index (χ3n) is 5.04. The molecule has 3 aliphatic rings. The van der Waals surface area contributed by atoms with Gasteiger partial charge in [0.05, 0.1) is 0 Å². The summed E-state index contributed by atoms with van der Waals surface area (Å²) in [5, 5.41) is 3.01. The number of nitrogens with one attached hydrogen (secondary N) is 1. The number of rotatable bonds is 1. The van der Waals surface area contributed by atoms with Crippen molar-refractivity contribution in [3.05, 3.63) is 23.8 Å². The van der Waals surface area contributed by atoms with E-state index < -0.39 is 0 Å². The molecular weight excluding hydrogens is 321 g/mol. The summed E-state index contributed by atoms with van der Waals surface area (Å²) in [6, 6.07) is 6.32. The topological polar surface area (TPSA) is 35.6 Å². The lowest BCUT2D eigenvalue weighted by Crippen LogP contribution is -2.28. The van der Waals surface area contributed by atoms with Crippen LogP contribution in [0.1, 0.15) is 12.0 Å². The average Bonchev–Trinajstić information content (AvgIpc) is 2.94. The highest BCUT2D eigenvalue weighted by molar-refractivity contribution is 5.95. The minimum atomic E-state index is 0. The van der Waals surface area contributed by atoms with E-state index in [1.54, 1.807) is 0 Å². The molecule has 1 aromatic carbocycles. The predicted molar refractivity (Wildman–Crippen MR) is 94.6 cm³/mol. The SMILES string of the molecule is CN1CC2CN(c3cccc4c3CCC(=O)N4)CC2C1.Cl.Cl. The molecule has 1 amide bonds. The Morgan fingerprint density at radius 1 is 1.05 bits per heavy atom. The van der Waals surface area contributed by atoms with Crippen LogP contribution in [-0.2, 0) is 11.2 Å². The van der Waals surface area contributed by atoms with E-state index in [1.165, 1.54) is 37.4 Å². The molecule has 3 aliphatic heterocycles. The molecule has 22 heavy (non-hydrogen) atoms. The molecule has 2 atom stereocenters. The first-order valence-electron chi connectivity index (χ1n) is 7.56. The van der Waals surface area contributed by atoms with Gasteiger partial charge in [-0.05, 0) is 43.0 Å². The molecule has 0 radical (unpaired) electrons. The fraction of sp³-hybridized carbons (Fsp3) is 0.562. The fourth-order valence-electron chi connectivity index (χ4n) is 4.13. The lowest BCUT2D eigenvalue weighted by molar-refractivity contribution is -0.116. The number of carbonyl (C=O) groups is 1. The standard InChI is InChI=1S/C16H21N3O.2ClH/c1-18-7-11-9-19(10-12(11)8-18)15-4-2-3-14-13(15)5-6-16(20)17-14;;/h2-4,11-12H,5-10H2,1H3,(H,17,20);2*1H. The number of amides is 1. The molecule has 0 saturated carbocycles. The van der Waals surface area contributed by atoms with E-state index in [1.807, 2.05) is 6.07 Å². The van der Waals surface area contributed by atoms with Crippen LogP contribution in [0.25, 0.3) is 0 Å². The number of halogens is 2. The summed E-state index contributed by atoms with van der Waals surface area (Å²) in [5.41, 5.74) is 3.70. The maximum absolute atomic E-state index is 11.5. The number of anilines is 2. The minimum absolute atomic E-state index is 0. The molecule has 3 heterocycles. The molecule has 1 N–H and O–H groups in total. The van der Waals surface area contributed by atoms with Gasteiger partial charge in [0, 0.05) is 44.0 Å². The second kappa shape index (κ2) is 6.65. The van der Waals surface area contributed by atoms with Crippen molar-refractivity contribution in [2.24, 2.45) is 11.8 Å². The van der Waals surface area contributed by atoms with Gasteiger partial charge in [0.15, 0.2) is 0 Å². The van der Waals surface area contributed by atoms with Gasteiger partial charge in [-0.3, -0.25) is 4.79 Å². The lowest BCUT2D eigenvalue weighted by atomic mass is 10.0. The maximum Gasteiger partial charge on any atom is 0.224 e. The highest BCUT2D eigenvalue weighted by Gasteiger charge is 2.39. The van der Waals surface area contributed by atoms with Crippen LogP contribution < -0.4 is 10.2 Å². The van der Waals surface area contributed by atoms with Crippen molar-refractivity contribution in [3.63, 3.8) is 0 Å². The Balaban J connectivity index is 0.000000882. The molecule has 0 aromatic heterocycles. The molecule has 2 unspecified atom stereocenters. The van der Waals surface area contributed by atoms with Crippen LogP contribution in [0.4, 0.5) is 11.4 Å². The Labute approximate surface area is 144 Å². The first-order chi connectivity index (χ1) is 9.70. The number of nitrogens with zero attached hydrogens (tertiary/aromatic N) is 2. The third kappa shape index (κ3) is 2.92. The van der Waals surface area contributed by atoms with E-state index >= 15 is 0 Å². The third-order valence-corrected chi connectivity index (χ3v) is 5.04. The largest absolute Gasteiger partial charge is 0.371 e. The van der Waals surface area contributed by atoms with Crippen molar-refractivity contribution in [3.8, 4) is 0 Å². The van der Waals surface area contributed by atoms with E-state index in [0.717, 1.165) is 23.9 Å². The van der Waals surface area contributed by atoms with Gasteiger partial charge in [-0.25, -0.2) is 0 Å². The first-order valence-corrected chi connectivity index (χ1v) is 7.56. The Bertz CT molecular complexity index is 552. The summed E-state index contributed by atoms with van der Waals surface area (Å²) in [7, 11) is 2.22. The van der Waals surface area contributed by atoms with Crippen LogP contribution in [0, 0.1) is 11.8 Å². The highest BCUT2D eigenvalue weighted by atomic mass is 35.5. The van der Waals surface area contributed by atoms with E-state index in [9.17, 15) is 4.79 Å². The lowest BCUT2D eigenvalue weighted by Gasteiger charge is -2.27. The zero-order chi connectivity index (χ0) is 13.7. The second-order valence-corrected chi connectivity index (χ2v) is 6.50. The number of likely N-dealkylation sites (tertiary alicyclic amines) is 1. The fourth-order valence-corrected chi connectivity index (χ4v) is 4.13. The molecule has 2 fully saturated rings. The molecular formula is C16H23Cl2N3O.